The van der Waals surface area contributed by atoms with Gasteiger partial charge in [-0.3, -0.25) is 4.79 Å². The lowest BCUT2D eigenvalue weighted by Gasteiger charge is -2.05. The van der Waals surface area contributed by atoms with Crippen LogP contribution in [0.25, 0.3) is 0 Å². The maximum Gasteiger partial charge on any atom is 0.234 e. The molecule has 0 unspecified atom stereocenters. The van der Waals surface area contributed by atoms with E-state index in [1.165, 1.54) is 4.88 Å². The zero-order chi connectivity index (χ0) is 12.8. The zero-order valence-corrected chi connectivity index (χ0v) is 11.8. The van der Waals surface area contributed by atoms with E-state index in [9.17, 15) is 4.79 Å². The zero-order valence-electron chi connectivity index (χ0n) is 9.43. The molecule has 0 saturated carbocycles. The van der Waals surface area contributed by atoms with Crippen LogP contribution in [0.15, 0.2) is 35.8 Å². The van der Waals surface area contributed by atoms with Crippen LogP contribution in [0.4, 0.5) is 5.69 Å². The number of carbonyl (C=O) groups is 1. The smallest absolute Gasteiger partial charge is 0.234 e. The van der Waals surface area contributed by atoms with Crippen molar-refractivity contribution < 1.29 is 4.79 Å². The Morgan fingerprint density at radius 3 is 3.06 bits per heavy atom. The molecule has 0 bridgehead atoms. The van der Waals surface area contributed by atoms with Crippen molar-refractivity contribution in [2.24, 2.45) is 0 Å². The van der Waals surface area contributed by atoms with Gasteiger partial charge in [0.1, 0.15) is 0 Å². The quantitative estimate of drug-likeness (QED) is 0.856. The number of anilines is 1. The molecular weight excluding hydrogens is 288 g/mol. The number of hydrogen-bond donors (Lipinski definition) is 1. The van der Waals surface area contributed by atoms with E-state index in [2.05, 4.69) is 16.4 Å². The molecular formula is C12H11ClN2OS2. The fourth-order valence-electron chi connectivity index (χ4n) is 1.30. The molecule has 18 heavy (non-hydrogen) atoms. The Kier molecular flexibility index (Phi) is 5.04. The van der Waals surface area contributed by atoms with Crippen LogP contribution in [-0.2, 0) is 10.5 Å². The average molecular weight is 299 g/mol. The number of nitrogens with zero attached hydrogens (tertiary/aromatic N) is 1. The molecule has 0 aliphatic heterocycles. The molecule has 1 N–H and O–H groups in total. The fourth-order valence-corrected chi connectivity index (χ4v) is 3.14. The first-order chi connectivity index (χ1) is 8.75. The third kappa shape index (κ3) is 4.01. The Morgan fingerprint density at radius 1 is 1.44 bits per heavy atom. The van der Waals surface area contributed by atoms with Gasteiger partial charge >= 0.3 is 0 Å². The largest absolute Gasteiger partial charge is 0.323 e. The second kappa shape index (κ2) is 6.78. The highest BCUT2D eigenvalue weighted by molar-refractivity contribution is 7.99. The van der Waals surface area contributed by atoms with Gasteiger partial charge in [-0.15, -0.1) is 23.1 Å². The minimum atomic E-state index is -0.0635. The molecule has 0 radical (unpaired) electrons. The van der Waals surface area contributed by atoms with Gasteiger partial charge < -0.3 is 5.32 Å². The van der Waals surface area contributed by atoms with Crippen LogP contribution in [0.2, 0.25) is 5.15 Å². The molecule has 0 atom stereocenters. The Bertz CT molecular complexity index is 517. The predicted molar refractivity (Wildman–Crippen MR) is 78.4 cm³/mol. The standard InChI is InChI=1S/C12H11ClN2OS2/c13-12-10(4-1-5-14-12)15-11(16)8-17-7-9-3-2-6-18-9/h1-6H,7-8H2,(H,15,16). The van der Waals surface area contributed by atoms with Gasteiger partial charge in [0.25, 0.3) is 0 Å². The topological polar surface area (TPSA) is 42.0 Å². The SMILES string of the molecule is O=C(CSCc1cccs1)Nc1cccnc1Cl. The van der Waals surface area contributed by atoms with E-state index < -0.39 is 0 Å². The van der Waals surface area contributed by atoms with Gasteiger partial charge in [-0.1, -0.05) is 17.7 Å². The second-order valence-corrected chi connectivity index (χ2v) is 5.84. The van der Waals surface area contributed by atoms with Crippen LogP contribution in [-0.4, -0.2) is 16.6 Å². The summed E-state index contributed by atoms with van der Waals surface area (Å²) in [6.07, 6.45) is 1.59. The summed E-state index contributed by atoms with van der Waals surface area (Å²) in [6.45, 7) is 0. The predicted octanol–water partition coefficient (Wildman–Crippen LogP) is 3.67. The summed E-state index contributed by atoms with van der Waals surface area (Å²) >= 11 is 9.13. The Balaban J connectivity index is 1.77. The highest BCUT2D eigenvalue weighted by atomic mass is 35.5. The molecule has 1 amide bonds. The lowest BCUT2D eigenvalue weighted by molar-refractivity contribution is -0.113. The molecule has 0 saturated heterocycles. The average Bonchev–Trinajstić information content (AvgIpc) is 2.85. The van der Waals surface area contributed by atoms with Crippen molar-refractivity contribution in [1.82, 2.24) is 4.98 Å². The first-order valence-electron chi connectivity index (χ1n) is 5.26. The molecule has 0 aliphatic carbocycles. The molecule has 2 rings (SSSR count). The number of hydrogen-bond acceptors (Lipinski definition) is 4. The normalized spacial score (nSPS) is 10.3. The fraction of sp³-hybridized carbons (Fsp3) is 0.167. The maximum atomic E-state index is 11.7. The van der Waals surface area contributed by atoms with Gasteiger partial charge in [0, 0.05) is 16.8 Å². The van der Waals surface area contributed by atoms with Gasteiger partial charge in [-0.2, -0.15) is 0 Å². The summed E-state index contributed by atoms with van der Waals surface area (Å²) in [7, 11) is 0. The molecule has 3 nitrogen and oxygen atoms in total. The van der Waals surface area contributed by atoms with E-state index in [4.69, 9.17) is 11.6 Å². The highest BCUT2D eigenvalue weighted by Gasteiger charge is 2.06. The lowest BCUT2D eigenvalue weighted by atomic mass is 10.4. The Morgan fingerprint density at radius 2 is 2.33 bits per heavy atom. The summed E-state index contributed by atoms with van der Waals surface area (Å²) in [4.78, 5) is 16.8. The summed E-state index contributed by atoms with van der Waals surface area (Å²) in [5.41, 5.74) is 0.556. The first kappa shape index (κ1) is 13.4. The minimum Gasteiger partial charge on any atom is -0.323 e. The maximum absolute atomic E-state index is 11.7. The second-order valence-electron chi connectivity index (χ2n) is 3.46. The summed E-state index contributed by atoms with van der Waals surface area (Å²) in [5.74, 6) is 1.20. The monoisotopic (exact) mass is 298 g/mol. The number of nitrogens with one attached hydrogen (secondary N) is 1. The lowest BCUT2D eigenvalue weighted by Crippen LogP contribution is -2.14. The third-order valence-corrected chi connectivity index (χ3v) is 4.43. The van der Waals surface area contributed by atoms with Gasteiger partial charge in [0.15, 0.2) is 5.15 Å². The van der Waals surface area contributed by atoms with Gasteiger partial charge in [0.2, 0.25) is 5.91 Å². The summed E-state index contributed by atoms with van der Waals surface area (Å²) < 4.78 is 0. The van der Waals surface area contributed by atoms with E-state index in [1.54, 1.807) is 41.4 Å². The van der Waals surface area contributed by atoms with E-state index >= 15 is 0 Å². The van der Waals surface area contributed by atoms with E-state index in [-0.39, 0.29) is 5.91 Å². The number of aromatic nitrogens is 1. The first-order valence-corrected chi connectivity index (χ1v) is 7.67. The molecule has 2 aromatic rings. The van der Waals surface area contributed by atoms with Gasteiger partial charge in [-0.25, -0.2) is 4.98 Å². The van der Waals surface area contributed by atoms with E-state index in [1.807, 2.05) is 11.4 Å². The molecule has 2 aromatic heterocycles. The van der Waals surface area contributed by atoms with E-state index in [0.29, 0.717) is 16.6 Å². The Hall–Kier alpha value is -1.04. The van der Waals surface area contributed by atoms with Crippen LogP contribution >= 0.6 is 34.7 Å². The number of carbonyl (C=O) groups excluding carboxylic acids is 1. The number of halogens is 1. The van der Waals surface area contributed by atoms with Crippen LogP contribution in [0, 0.1) is 0 Å². The Labute approximate surface area is 119 Å². The minimum absolute atomic E-state index is 0.0635. The van der Waals surface area contributed by atoms with Crippen LogP contribution < -0.4 is 5.32 Å². The molecule has 0 aromatic carbocycles. The van der Waals surface area contributed by atoms with Crippen LogP contribution in [0.1, 0.15) is 4.88 Å². The summed E-state index contributed by atoms with van der Waals surface area (Å²) in [6, 6.07) is 7.54. The van der Waals surface area contributed by atoms with Gasteiger partial charge in [-0.05, 0) is 23.6 Å². The van der Waals surface area contributed by atoms with Crippen molar-refractivity contribution >= 4 is 46.3 Å². The number of thiophene rings is 1. The van der Waals surface area contributed by atoms with Crippen molar-refractivity contribution in [1.29, 1.82) is 0 Å². The number of thioether (sulfide) groups is 1. The van der Waals surface area contributed by atoms with E-state index in [0.717, 1.165) is 5.75 Å². The summed E-state index contributed by atoms with van der Waals surface area (Å²) in [5, 5.41) is 5.09. The highest BCUT2D eigenvalue weighted by Crippen LogP contribution is 2.19. The number of pyridine rings is 1. The molecule has 0 aliphatic rings. The molecule has 0 fully saturated rings. The van der Waals surface area contributed by atoms with Crippen LogP contribution in [0.5, 0.6) is 0 Å². The molecule has 6 heteroatoms. The van der Waals surface area contributed by atoms with Gasteiger partial charge in [0.05, 0.1) is 11.4 Å². The van der Waals surface area contributed by atoms with Crippen molar-refractivity contribution in [2.45, 2.75) is 5.75 Å². The van der Waals surface area contributed by atoms with Crippen molar-refractivity contribution in [3.8, 4) is 0 Å². The van der Waals surface area contributed by atoms with Crippen molar-refractivity contribution in [3.63, 3.8) is 0 Å². The third-order valence-electron chi connectivity index (χ3n) is 2.09. The number of rotatable bonds is 5. The molecule has 94 valence electrons. The molecule has 0 spiro atoms. The van der Waals surface area contributed by atoms with Crippen molar-refractivity contribution in [3.05, 3.63) is 45.9 Å². The molecule has 2 heterocycles. The number of amides is 1. The van der Waals surface area contributed by atoms with Crippen molar-refractivity contribution in [2.75, 3.05) is 11.1 Å². The van der Waals surface area contributed by atoms with Crippen LogP contribution in [0.3, 0.4) is 0 Å².